The summed E-state index contributed by atoms with van der Waals surface area (Å²) in [6, 6.07) is 16.1. The maximum Gasteiger partial charge on any atom is 0.407 e. The first-order valence-corrected chi connectivity index (χ1v) is 13.8. The summed E-state index contributed by atoms with van der Waals surface area (Å²) in [7, 11) is -3.72. The van der Waals surface area contributed by atoms with Gasteiger partial charge >= 0.3 is 12.1 Å². The van der Waals surface area contributed by atoms with Crippen molar-refractivity contribution in [3.63, 3.8) is 0 Å². The molecular weight excluding hydrogens is 480 g/mol. The van der Waals surface area contributed by atoms with Crippen LogP contribution in [0.25, 0.3) is 11.1 Å². The lowest BCUT2D eigenvalue weighted by molar-refractivity contribution is -0.154. The number of alkyl carbamates (subject to hydrolysis) is 1. The van der Waals surface area contributed by atoms with Gasteiger partial charge in [0, 0.05) is 19.0 Å². The minimum Gasteiger partial charge on any atom is -0.459 e. The molecule has 0 aliphatic heterocycles. The number of amides is 1. The van der Waals surface area contributed by atoms with Crippen LogP contribution in [-0.4, -0.2) is 62.4 Å². The average molecular weight is 517 g/mol. The van der Waals surface area contributed by atoms with Crippen molar-refractivity contribution in [1.82, 2.24) is 9.62 Å². The molecule has 1 aliphatic carbocycles. The van der Waals surface area contributed by atoms with Crippen molar-refractivity contribution in [2.24, 2.45) is 5.92 Å². The number of nitrogens with zero attached hydrogens (tertiary/aromatic N) is 1. The molecule has 0 fully saturated rings. The van der Waals surface area contributed by atoms with Crippen LogP contribution < -0.4 is 5.32 Å². The highest BCUT2D eigenvalue weighted by Gasteiger charge is 2.30. The number of sulfonamides is 1. The van der Waals surface area contributed by atoms with Crippen molar-refractivity contribution in [3.8, 4) is 11.1 Å². The maximum atomic E-state index is 12.8. The third-order valence-corrected chi connectivity index (χ3v) is 7.82. The number of benzene rings is 2. The average Bonchev–Trinajstić information content (AvgIpc) is 3.08. The SMILES string of the molecule is CC(C)CS(=O)(=O)N(CCNC(=O)OCC1c2ccccc2-c2ccccc21)CC(=O)OC(C)(C)C. The van der Waals surface area contributed by atoms with Crippen molar-refractivity contribution in [2.45, 2.75) is 46.1 Å². The normalized spacial score (nSPS) is 13.4. The molecule has 0 atom stereocenters. The Balaban J connectivity index is 1.58. The van der Waals surface area contributed by atoms with E-state index in [0.717, 1.165) is 26.6 Å². The van der Waals surface area contributed by atoms with E-state index in [1.165, 1.54) is 0 Å². The molecule has 0 bridgehead atoms. The van der Waals surface area contributed by atoms with E-state index in [1.54, 1.807) is 34.6 Å². The highest BCUT2D eigenvalue weighted by molar-refractivity contribution is 7.89. The Labute approximate surface area is 214 Å². The van der Waals surface area contributed by atoms with Gasteiger partial charge in [-0.15, -0.1) is 0 Å². The molecule has 0 aromatic heterocycles. The van der Waals surface area contributed by atoms with Crippen LogP contribution in [0.4, 0.5) is 4.79 Å². The van der Waals surface area contributed by atoms with Gasteiger partial charge in [0.1, 0.15) is 18.8 Å². The summed E-state index contributed by atoms with van der Waals surface area (Å²) in [6.45, 7) is 8.40. The van der Waals surface area contributed by atoms with E-state index in [1.807, 2.05) is 36.4 Å². The van der Waals surface area contributed by atoms with Gasteiger partial charge in [-0.2, -0.15) is 4.31 Å². The van der Waals surface area contributed by atoms with Crippen LogP contribution in [0.5, 0.6) is 0 Å². The Morgan fingerprint density at radius 2 is 1.56 bits per heavy atom. The predicted molar refractivity (Wildman–Crippen MR) is 139 cm³/mol. The van der Waals surface area contributed by atoms with E-state index in [0.29, 0.717) is 0 Å². The molecule has 0 radical (unpaired) electrons. The standard InChI is InChI=1S/C27H36N2O6S/c1-19(2)18-36(32,33)29(16-25(30)35-27(3,4)5)15-14-28-26(31)34-17-24-22-12-8-6-10-20(22)21-11-7-9-13-23(21)24/h6-13,19,24H,14-18H2,1-5H3,(H,28,31). The molecule has 0 spiro atoms. The largest absolute Gasteiger partial charge is 0.459 e. The summed E-state index contributed by atoms with van der Waals surface area (Å²) in [5.74, 6) is -0.943. The van der Waals surface area contributed by atoms with E-state index in [4.69, 9.17) is 9.47 Å². The van der Waals surface area contributed by atoms with Crippen molar-refractivity contribution in [3.05, 3.63) is 59.7 Å². The summed E-state index contributed by atoms with van der Waals surface area (Å²) in [5.41, 5.74) is 3.75. The Morgan fingerprint density at radius 3 is 2.08 bits per heavy atom. The molecule has 36 heavy (non-hydrogen) atoms. The van der Waals surface area contributed by atoms with Crippen molar-refractivity contribution in [2.75, 3.05) is 32.0 Å². The summed E-state index contributed by atoms with van der Waals surface area (Å²) >= 11 is 0. The lowest BCUT2D eigenvalue weighted by Gasteiger charge is -2.25. The third kappa shape index (κ3) is 7.30. The minimum absolute atomic E-state index is 0.00318. The first kappa shape index (κ1) is 27.7. The summed E-state index contributed by atoms with van der Waals surface area (Å²) < 4.78 is 37.5. The van der Waals surface area contributed by atoms with E-state index >= 15 is 0 Å². The van der Waals surface area contributed by atoms with E-state index < -0.39 is 34.2 Å². The smallest absolute Gasteiger partial charge is 0.407 e. The van der Waals surface area contributed by atoms with Crippen LogP contribution in [0.2, 0.25) is 0 Å². The molecule has 0 saturated carbocycles. The van der Waals surface area contributed by atoms with Crippen LogP contribution in [0, 0.1) is 5.92 Å². The lowest BCUT2D eigenvalue weighted by Crippen LogP contribution is -2.44. The Hall–Kier alpha value is -2.91. The molecular formula is C27H36N2O6S. The van der Waals surface area contributed by atoms with Gasteiger partial charge in [-0.05, 0) is 48.9 Å². The number of hydrogen-bond donors (Lipinski definition) is 1. The summed E-state index contributed by atoms with van der Waals surface area (Å²) in [6.07, 6.45) is -0.643. The molecule has 0 saturated heterocycles. The fraction of sp³-hybridized carbons (Fsp3) is 0.481. The predicted octanol–water partition coefficient (Wildman–Crippen LogP) is 4.15. The second kappa shape index (κ2) is 11.4. The lowest BCUT2D eigenvalue weighted by atomic mass is 9.98. The van der Waals surface area contributed by atoms with Crippen LogP contribution in [0.1, 0.15) is 51.7 Å². The molecule has 1 N–H and O–H groups in total. The number of carbonyl (C=O) groups excluding carboxylic acids is 2. The fourth-order valence-electron chi connectivity index (χ4n) is 4.29. The molecule has 2 aromatic rings. The fourth-order valence-corrected chi connectivity index (χ4v) is 6.02. The number of esters is 1. The number of nitrogens with one attached hydrogen (secondary N) is 1. The zero-order valence-electron chi connectivity index (χ0n) is 21.6. The van der Waals surface area contributed by atoms with Crippen LogP contribution >= 0.6 is 0 Å². The van der Waals surface area contributed by atoms with Gasteiger partial charge in [0.15, 0.2) is 0 Å². The zero-order chi connectivity index (χ0) is 26.5. The number of ether oxygens (including phenoxy) is 2. The zero-order valence-corrected chi connectivity index (χ0v) is 22.4. The maximum absolute atomic E-state index is 12.8. The van der Waals surface area contributed by atoms with Gasteiger partial charge in [0.05, 0.1) is 5.75 Å². The summed E-state index contributed by atoms with van der Waals surface area (Å²) in [5, 5.41) is 2.61. The Kier molecular flexibility index (Phi) is 8.79. The second-order valence-corrected chi connectivity index (χ2v) is 12.4. The van der Waals surface area contributed by atoms with Gasteiger partial charge in [0.25, 0.3) is 0 Å². The highest BCUT2D eigenvalue weighted by atomic mass is 32.2. The van der Waals surface area contributed by atoms with Crippen LogP contribution in [0.15, 0.2) is 48.5 Å². The monoisotopic (exact) mass is 516 g/mol. The summed E-state index contributed by atoms with van der Waals surface area (Å²) in [4.78, 5) is 24.8. The van der Waals surface area contributed by atoms with Crippen LogP contribution in [0.3, 0.4) is 0 Å². The molecule has 3 rings (SSSR count). The molecule has 0 heterocycles. The van der Waals surface area contributed by atoms with Gasteiger partial charge in [-0.1, -0.05) is 62.4 Å². The molecule has 1 aliphatic rings. The molecule has 8 nitrogen and oxygen atoms in total. The van der Waals surface area contributed by atoms with E-state index in [-0.39, 0.29) is 37.3 Å². The highest BCUT2D eigenvalue weighted by Crippen LogP contribution is 2.44. The van der Waals surface area contributed by atoms with Crippen LogP contribution in [-0.2, 0) is 24.3 Å². The first-order chi connectivity index (χ1) is 16.9. The quantitative estimate of drug-likeness (QED) is 0.476. The van der Waals surface area contributed by atoms with Crippen molar-refractivity contribution < 1.29 is 27.5 Å². The van der Waals surface area contributed by atoms with Gasteiger partial charge in [-0.3, -0.25) is 4.79 Å². The molecule has 9 heteroatoms. The Bertz CT molecular complexity index is 1140. The second-order valence-electron chi connectivity index (χ2n) is 10.3. The van der Waals surface area contributed by atoms with Gasteiger partial charge in [0.2, 0.25) is 10.0 Å². The number of rotatable bonds is 10. The van der Waals surface area contributed by atoms with Gasteiger partial charge < -0.3 is 14.8 Å². The van der Waals surface area contributed by atoms with Crippen molar-refractivity contribution in [1.29, 1.82) is 0 Å². The number of hydrogen-bond acceptors (Lipinski definition) is 6. The third-order valence-electron chi connectivity index (χ3n) is 5.64. The van der Waals surface area contributed by atoms with Gasteiger partial charge in [-0.25, -0.2) is 13.2 Å². The van der Waals surface area contributed by atoms with Crippen molar-refractivity contribution >= 4 is 22.1 Å². The molecule has 196 valence electrons. The minimum atomic E-state index is -3.72. The number of carbonyl (C=O) groups is 2. The molecule has 1 amide bonds. The number of fused-ring (bicyclic) bond motifs is 3. The molecule has 2 aromatic carbocycles. The Morgan fingerprint density at radius 1 is 1.00 bits per heavy atom. The van der Waals surface area contributed by atoms with E-state index in [9.17, 15) is 18.0 Å². The van der Waals surface area contributed by atoms with E-state index in [2.05, 4.69) is 17.4 Å². The topological polar surface area (TPSA) is 102 Å². The molecule has 0 unspecified atom stereocenters. The first-order valence-electron chi connectivity index (χ1n) is 12.2.